The number of hydrogen-bond donors (Lipinski definition) is 1. The maximum absolute atomic E-state index is 12.1. The number of likely N-dealkylation sites (N-methyl/N-ethyl adjacent to an activating group) is 2. The molecule has 3 heterocycles. The third kappa shape index (κ3) is 4.77. The summed E-state index contributed by atoms with van der Waals surface area (Å²) in [5.41, 5.74) is 2.65. The van der Waals surface area contributed by atoms with Gasteiger partial charge in [0.15, 0.2) is 5.82 Å². The molecule has 27 heavy (non-hydrogen) atoms. The highest BCUT2D eigenvalue weighted by Gasteiger charge is 2.11. The Labute approximate surface area is 158 Å². The molecule has 1 N–H and O–H groups in total. The van der Waals surface area contributed by atoms with E-state index >= 15 is 0 Å². The lowest BCUT2D eigenvalue weighted by atomic mass is 10.2. The van der Waals surface area contributed by atoms with Crippen molar-refractivity contribution in [2.75, 3.05) is 38.6 Å². The standard InChI is InChI=1S/C20H24N6O/c1-4-26(12-11-25(2)3)15-8-10-22-17(13-15)18-14-19(27)24-20(23-18)16-7-5-6-9-21-16/h5-10,13-14H,4,11-12H2,1-3H3,(H,23,24,27). The Balaban J connectivity index is 1.95. The van der Waals surface area contributed by atoms with Crippen molar-refractivity contribution in [2.45, 2.75) is 6.92 Å². The van der Waals surface area contributed by atoms with Crippen LogP contribution in [-0.4, -0.2) is 58.6 Å². The minimum absolute atomic E-state index is 0.229. The lowest BCUT2D eigenvalue weighted by Gasteiger charge is -2.25. The Kier molecular flexibility index (Phi) is 5.93. The van der Waals surface area contributed by atoms with Crippen LogP contribution >= 0.6 is 0 Å². The van der Waals surface area contributed by atoms with Gasteiger partial charge in [-0.2, -0.15) is 0 Å². The van der Waals surface area contributed by atoms with E-state index in [1.807, 2.05) is 30.3 Å². The number of hydrogen-bond acceptors (Lipinski definition) is 6. The summed E-state index contributed by atoms with van der Waals surface area (Å²) < 4.78 is 0. The van der Waals surface area contributed by atoms with Crippen molar-refractivity contribution in [1.82, 2.24) is 24.8 Å². The second kappa shape index (κ2) is 8.55. The van der Waals surface area contributed by atoms with Crippen molar-refractivity contribution >= 4 is 5.69 Å². The van der Waals surface area contributed by atoms with Gasteiger partial charge in [-0.3, -0.25) is 14.8 Å². The fourth-order valence-corrected chi connectivity index (χ4v) is 2.76. The zero-order valence-corrected chi connectivity index (χ0v) is 15.9. The van der Waals surface area contributed by atoms with Crippen LogP contribution in [0, 0.1) is 0 Å². The van der Waals surface area contributed by atoms with Crippen LogP contribution < -0.4 is 10.5 Å². The zero-order valence-electron chi connectivity index (χ0n) is 15.9. The summed E-state index contributed by atoms with van der Waals surface area (Å²) in [5.74, 6) is 0.435. The van der Waals surface area contributed by atoms with Crippen LogP contribution in [0.4, 0.5) is 5.69 Å². The number of aromatic nitrogens is 4. The van der Waals surface area contributed by atoms with Crippen LogP contribution in [-0.2, 0) is 0 Å². The van der Waals surface area contributed by atoms with Crippen LogP contribution in [0.5, 0.6) is 0 Å². The third-order valence-electron chi connectivity index (χ3n) is 4.22. The van der Waals surface area contributed by atoms with E-state index in [4.69, 9.17) is 0 Å². The topological polar surface area (TPSA) is 78.0 Å². The summed E-state index contributed by atoms with van der Waals surface area (Å²) in [7, 11) is 4.12. The number of anilines is 1. The summed E-state index contributed by atoms with van der Waals surface area (Å²) in [6.45, 7) is 4.88. The van der Waals surface area contributed by atoms with Gasteiger partial charge in [-0.15, -0.1) is 0 Å². The minimum atomic E-state index is -0.229. The molecule has 0 saturated carbocycles. The lowest BCUT2D eigenvalue weighted by Crippen LogP contribution is -2.31. The lowest BCUT2D eigenvalue weighted by molar-refractivity contribution is 0.414. The molecule has 0 fully saturated rings. The summed E-state index contributed by atoms with van der Waals surface area (Å²) >= 11 is 0. The average Bonchev–Trinajstić information content (AvgIpc) is 2.69. The largest absolute Gasteiger partial charge is 0.370 e. The third-order valence-corrected chi connectivity index (χ3v) is 4.22. The molecule has 7 heteroatoms. The van der Waals surface area contributed by atoms with Crippen molar-refractivity contribution in [3.05, 3.63) is 59.1 Å². The molecule has 0 radical (unpaired) electrons. The molecule has 3 aromatic heterocycles. The van der Waals surface area contributed by atoms with Crippen molar-refractivity contribution in [3.8, 4) is 22.9 Å². The molecule has 0 saturated heterocycles. The fourth-order valence-electron chi connectivity index (χ4n) is 2.76. The summed E-state index contributed by atoms with van der Waals surface area (Å²) in [6.07, 6.45) is 3.43. The second-order valence-corrected chi connectivity index (χ2v) is 6.48. The Bertz CT molecular complexity index is 938. The van der Waals surface area contributed by atoms with Gasteiger partial charge in [0.1, 0.15) is 5.69 Å². The summed E-state index contributed by atoms with van der Waals surface area (Å²) in [5, 5.41) is 0. The Hall–Kier alpha value is -3.06. The molecular weight excluding hydrogens is 340 g/mol. The zero-order chi connectivity index (χ0) is 19.2. The molecule has 0 aliphatic carbocycles. The van der Waals surface area contributed by atoms with E-state index in [0.717, 1.165) is 25.3 Å². The predicted molar refractivity (Wildman–Crippen MR) is 108 cm³/mol. The Morgan fingerprint density at radius 2 is 1.78 bits per heavy atom. The molecule has 3 rings (SSSR count). The van der Waals surface area contributed by atoms with Crippen LogP contribution in [0.15, 0.2) is 53.6 Å². The summed E-state index contributed by atoms with van der Waals surface area (Å²) in [4.78, 5) is 32.6. The number of nitrogens with zero attached hydrogens (tertiary/aromatic N) is 5. The Morgan fingerprint density at radius 3 is 2.48 bits per heavy atom. The SMILES string of the molecule is CCN(CCN(C)C)c1ccnc(-c2cc(=O)[nH]c(-c3ccccn3)n2)c1. The van der Waals surface area contributed by atoms with E-state index in [2.05, 4.69) is 50.8 Å². The van der Waals surface area contributed by atoms with Crippen LogP contribution in [0.3, 0.4) is 0 Å². The molecule has 0 unspecified atom stereocenters. The molecule has 0 bridgehead atoms. The van der Waals surface area contributed by atoms with Crippen LogP contribution in [0.25, 0.3) is 22.9 Å². The molecular formula is C20H24N6O. The van der Waals surface area contributed by atoms with Gasteiger partial charge in [0.05, 0.1) is 11.4 Å². The number of nitrogens with one attached hydrogen (secondary N) is 1. The monoisotopic (exact) mass is 364 g/mol. The number of H-pyrrole nitrogens is 1. The first kappa shape index (κ1) is 18.7. The highest BCUT2D eigenvalue weighted by Crippen LogP contribution is 2.21. The summed E-state index contributed by atoms with van der Waals surface area (Å²) in [6, 6.07) is 10.9. The molecule has 7 nitrogen and oxygen atoms in total. The van der Waals surface area contributed by atoms with E-state index in [1.54, 1.807) is 12.4 Å². The quantitative estimate of drug-likeness (QED) is 0.693. The Morgan fingerprint density at radius 1 is 0.963 bits per heavy atom. The highest BCUT2D eigenvalue weighted by atomic mass is 16.1. The number of rotatable bonds is 7. The van der Waals surface area contributed by atoms with Gasteiger partial charge in [0.25, 0.3) is 5.56 Å². The van der Waals surface area contributed by atoms with Crippen molar-refractivity contribution in [1.29, 1.82) is 0 Å². The second-order valence-electron chi connectivity index (χ2n) is 6.48. The van der Waals surface area contributed by atoms with Gasteiger partial charge >= 0.3 is 0 Å². The maximum Gasteiger partial charge on any atom is 0.251 e. The van der Waals surface area contributed by atoms with Crippen LogP contribution in [0.2, 0.25) is 0 Å². The van der Waals surface area contributed by atoms with Gasteiger partial charge in [-0.05, 0) is 45.3 Å². The first-order chi connectivity index (χ1) is 13.1. The normalized spacial score (nSPS) is 11.0. The first-order valence-corrected chi connectivity index (χ1v) is 8.95. The first-order valence-electron chi connectivity index (χ1n) is 8.95. The van der Waals surface area contributed by atoms with E-state index in [1.165, 1.54) is 6.07 Å². The van der Waals surface area contributed by atoms with Crippen molar-refractivity contribution in [3.63, 3.8) is 0 Å². The molecule has 0 aliphatic heterocycles. The maximum atomic E-state index is 12.1. The molecule has 0 aromatic carbocycles. The average molecular weight is 364 g/mol. The molecule has 0 amide bonds. The van der Waals surface area contributed by atoms with E-state index in [0.29, 0.717) is 22.9 Å². The van der Waals surface area contributed by atoms with Crippen LogP contribution in [0.1, 0.15) is 6.92 Å². The van der Waals surface area contributed by atoms with Gasteiger partial charge in [0.2, 0.25) is 0 Å². The molecule has 0 spiro atoms. The fraction of sp³-hybridized carbons (Fsp3) is 0.300. The molecule has 0 atom stereocenters. The van der Waals surface area contributed by atoms with Crippen molar-refractivity contribution < 1.29 is 0 Å². The molecule has 0 aliphatic rings. The number of aromatic amines is 1. The van der Waals surface area contributed by atoms with E-state index < -0.39 is 0 Å². The van der Waals surface area contributed by atoms with Gasteiger partial charge in [0, 0.05) is 43.8 Å². The van der Waals surface area contributed by atoms with E-state index in [9.17, 15) is 4.79 Å². The predicted octanol–water partition coefficient (Wildman–Crippen LogP) is 2.28. The van der Waals surface area contributed by atoms with Gasteiger partial charge < -0.3 is 14.8 Å². The molecule has 3 aromatic rings. The number of pyridine rings is 2. The molecule has 140 valence electrons. The minimum Gasteiger partial charge on any atom is -0.370 e. The smallest absolute Gasteiger partial charge is 0.251 e. The highest BCUT2D eigenvalue weighted by molar-refractivity contribution is 5.63. The van der Waals surface area contributed by atoms with E-state index in [-0.39, 0.29) is 5.56 Å². The van der Waals surface area contributed by atoms with Gasteiger partial charge in [-0.25, -0.2) is 4.98 Å². The van der Waals surface area contributed by atoms with Gasteiger partial charge in [-0.1, -0.05) is 6.07 Å². The van der Waals surface area contributed by atoms with Crippen molar-refractivity contribution in [2.24, 2.45) is 0 Å².